The van der Waals surface area contributed by atoms with E-state index in [1.54, 1.807) is 6.20 Å². The van der Waals surface area contributed by atoms with Crippen molar-refractivity contribution in [3.63, 3.8) is 0 Å². The SMILES string of the molecule is CS(=O)(=O)NCC1CN(Cc2ccc3c(c2)OCO3)Cc2ccnn2C1.O=C(O)C(F)(F)F. The van der Waals surface area contributed by atoms with Crippen molar-refractivity contribution in [1.82, 2.24) is 19.4 Å². The van der Waals surface area contributed by atoms with Crippen molar-refractivity contribution in [2.75, 3.05) is 26.1 Å². The molecule has 33 heavy (non-hydrogen) atoms. The molecule has 0 saturated heterocycles. The van der Waals surface area contributed by atoms with Crippen molar-refractivity contribution < 1.29 is 41.0 Å². The van der Waals surface area contributed by atoms with E-state index in [0.717, 1.165) is 42.4 Å². The average Bonchev–Trinajstić information content (AvgIpc) is 3.31. The summed E-state index contributed by atoms with van der Waals surface area (Å²) in [4.78, 5) is 11.2. The number of carboxylic acids is 1. The number of nitrogens with zero attached hydrogens (tertiary/aromatic N) is 3. The Balaban J connectivity index is 0.000000383. The van der Waals surface area contributed by atoms with Crippen LogP contribution in [0.1, 0.15) is 11.3 Å². The molecule has 2 N–H and O–H groups in total. The van der Waals surface area contributed by atoms with Gasteiger partial charge in [0.15, 0.2) is 11.5 Å². The minimum Gasteiger partial charge on any atom is -0.475 e. The number of fused-ring (bicyclic) bond motifs is 2. The summed E-state index contributed by atoms with van der Waals surface area (Å²) in [6, 6.07) is 8.00. The number of aliphatic carboxylic acids is 1. The van der Waals surface area contributed by atoms with Gasteiger partial charge in [-0.2, -0.15) is 18.3 Å². The van der Waals surface area contributed by atoms with Crippen LogP contribution < -0.4 is 14.2 Å². The fourth-order valence-corrected chi connectivity index (χ4v) is 3.97. The van der Waals surface area contributed by atoms with Gasteiger partial charge in [0.25, 0.3) is 0 Å². The fourth-order valence-electron chi connectivity index (χ4n) is 3.44. The molecule has 10 nitrogen and oxygen atoms in total. The van der Waals surface area contributed by atoms with Crippen molar-refractivity contribution in [1.29, 1.82) is 0 Å². The van der Waals surface area contributed by atoms with Crippen molar-refractivity contribution in [3.8, 4) is 11.5 Å². The maximum Gasteiger partial charge on any atom is 0.490 e. The molecular formula is C19H23F3N4O6S. The molecule has 182 valence electrons. The van der Waals surface area contributed by atoms with Crippen molar-refractivity contribution in [2.45, 2.75) is 25.8 Å². The predicted octanol–water partition coefficient (Wildman–Crippen LogP) is 1.43. The molecule has 2 aliphatic heterocycles. The zero-order valence-corrected chi connectivity index (χ0v) is 18.4. The van der Waals surface area contributed by atoms with E-state index in [1.807, 2.05) is 28.9 Å². The summed E-state index contributed by atoms with van der Waals surface area (Å²) >= 11 is 0. The number of rotatable bonds is 5. The van der Waals surface area contributed by atoms with E-state index in [9.17, 15) is 21.6 Å². The van der Waals surface area contributed by atoms with Crippen LogP contribution in [0.5, 0.6) is 11.5 Å². The topological polar surface area (TPSA) is 123 Å². The molecule has 1 atom stereocenters. The van der Waals surface area contributed by atoms with Crippen LogP contribution in [-0.4, -0.2) is 66.5 Å². The maximum absolute atomic E-state index is 11.5. The number of carbonyl (C=O) groups is 1. The fraction of sp³-hybridized carbons (Fsp3) is 0.474. The number of aromatic nitrogens is 2. The van der Waals surface area contributed by atoms with Gasteiger partial charge in [0.05, 0.1) is 11.9 Å². The summed E-state index contributed by atoms with van der Waals surface area (Å²) in [5, 5.41) is 11.5. The van der Waals surface area contributed by atoms with Gasteiger partial charge in [-0.1, -0.05) is 6.07 Å². The first-order chi connectivity index (χ1) is 15.4. The van der Waals surface area contributed by atoms with Crippen LogP contribution >= 0.6 is 0 Å². The lowest BCUT2D eigenvalue weighted by Gasteiger charge is -2.24. The summed E-state index contributed by atoms with van der Waals surface area (Å²) in [7, 11) is -3.21. The number of carboxylic acid groups (broad SMARTS) is 1. The molecule has 0 amide bonds. The van der Waals surface area contributed by atoms with Gasteiger partial charge in [-0.05, 0) is 23.8 Å². The van der Waals surface area contributed by atoms with E-state index < -0.39 is 22.2 Å². The van der Waals surface area contributed by atoms with Crippen LogP contribution in [0, 0.1) is 5.92 Å². The van der Waals surface area contributed by atoms with Gasteiger partial charge in [0.1, 0.15) is 0 Å². The number of hydrogen-bond acceptors (Lipinski definition) is 7. The highest BCUT2D eigenvalue weighted by Crippen LogP contribution is 2.33. The van der Waals surface area contributed by atoms with Crippen LogP contribution in [-0.2, 0) is 34.5 Å². The van der Waals surface area contributed by atoms with Gasteiger partial charge < -0.3 is 14.6 Å². The van der Waals surface area contributed by atoms with E-state index in [1.165, 1.54) is 6.26 Å². The molecule has 2 aromatic rings. The van der Waals surface area contributed by atoms with Crippen LogP contribution in [0.3, 0.4) is 0 Å². The molecular weight excluding hydrogens is 469 g/mol. The third kappa shape index (κ3) is 7.33. The molecule has 0 bridgehead atoms. The Morgan fingerprint density at radius 1 is 1.24 bits per heavy atom. The molecule has 0 aliphatic carbocycles. The Labute approximate surface area is 187 Å². The average molecular weight is 492 g/mol. The van der Waals surface area contributed by atoms with Crippen LogP contribution in [0.15, 0.2) is 30.5 Å². The van der Waals surface area contributed by atoms with Gasteiger partial charge in [-0.25, -0.2) is 17.9 Å². The normalized spacial score (nSPS) is 18.1. The molecule has 0 radical (unpaired) electrons. The second-order valence-electron chi connectivity index (χ2n) is 7.65. The highest BCUT2D eigenvalue weighted by molar-refractivity contribution is 7.88. The Morgan fingerprint density at radius 2 is 1.94 bits per heavy atom. The summed E-state index contributed by atoms with van der Waals surface area (Å²) < 4.78 is 70.1. The molecule has 1 aromatic carbocycles. The number of ether oxygens (including phenoxy) is 2. The van der Waals surface area contributed by atoms with Crippen molar-refractivity contribution in [2.24, 2.45) is 5.92 Å². The third-order valence-corrected chi connectivity index (χ3v) is 5.55. The van der Waals surface area contributed by atoms with Gasteiger partial charge >= 0.3 is 12.1 Å². The van der Waals surface area contributed by atoms with E-state index in [0.29, 0.717) is 13.1 Å². The summed E-state index contributed by atoms with van der Waals surface area (Å²) in [6.45, 7) is 3.65. The third-order valence-electron chi connectivity index (χ3n) is 4.86. The molecule has 1 unspecified atom stereocenters. The van der Waals surface area contributed by atoms with E-state index in [-0.39, 0.29) is 12.7 Å². The highest BCUT2D eigenvalue weighted by atomic mass is 32.2. The minimum atomic E-state index is -5.08. The quantitative estimate of drug-likeness (QED) is 0.643. The van der Waals surface area contributed by atoms with Crippen LogP contribution in [0.2, 0.25) is 0 Å². The van der Waals surface area contributed by atoms with Gasteiger partial charge in [0, 0.05) is 44.8 Å². The monoisotopic (exact) mass is 492 g/mol. The summed E-state index contributed by atoms with van der Waals surface area (Å²) in [5.74, 6) is -1.07. The van der Waals surface area contributed by atoms with Crippen LogP contribution in [0.25, 0.3) is 0 Å². The maximum atomic E-state index is 11.5. The molecule has 0 spiro atoms. The smallest absolute Gasteiger partial charge is 0.475 e. The van der Waals surface area contributed by atoms with E-state index >= 15 is 0 Å². The summed E-state index contributed by atoms with van der Waals surface area (Å²) in [5.41, 5.74) is 2.27. The number of nitrogens with one attached hydrogen (secondary N) is 1. The van der Waals surface area contributed by atoms with Gasteiger partial charge in [0.2, 0.25) is 16.8 Å². The van der Waals surface area contributed by atoms with E-state index in [4.69, 9.17) is 19.4 Å². The second-order valence-corrected chi connectivity index (χ2v) is 9.48. The van der Waals surface area contributed by atoms with Gasteiger partial charge in [-0.15, -0.1) is 0 Å². The molecule has 14 heteroatoms. The lowest BCUT2D eigenvalue weighted by atomic mass is 10.1. The molecule has 2 aliphatic rings. The Hall–Kier alpha value is -2.84. The second kappa shape index (κ2) is 9.97. The zero-order valence-electron chi connectivity index (χ0n) is 17.6. The van der Waals surface area contributed by atoms with Crippen molar-refractivity contribution in [3.05, 3.63) is 41.7 Å². The molecule has 0 saturated carbocycles. The Bertz CT molecular complexity index is 1090. The largest absolute Gasteiger partial charge is 0.490 e. The molecule has 4 rings (SSSR count). The summed E-state index contributed by atoms with van der Waals surface area (Å²) in [6.07, 6.45) is -2.10. The number of alkyl halides is 3. The lowest BCUT2D eigenvalue weighted by molar-refractivity contribution is -0.192. The number of hydrogen-bond donors (Lipinski definition) is 2. The minimum absolute atomic E-state index is 0.139. The standard InChI is InChI=1S/C17H22N4O4S.C2HF3O2/c1-26(22,23)19-7-14-9-20(11-15-4-5-18-21(15)10-14)8-13-2-3-16-17(6-13)25-12-24-16;3-2(4,5)1(6)7/h2-6,14,19H,7-12H2,1H3;(H,6,7). The number of halogens is 3. The molecule has 1 aromatic heterocycles. The number of benzene rings is 1. The number of sulfonamides is 1. The molecule has 0 fully saturated rings. The first-order valence-electron chi connectivity index (χ1n) is 9.77. The Morgan fingerprint density at radius 3 is 2.61 bits per heavy atom. The van der Waals surface area contributed by atoms with E-state index in [2.05, 4.69) is 14.7 Å². The molecule has 3 heterocycles. The highest BCUT2D eigenvalue weighted by Gasteiger charge is 2.38. The Kier molecular flexibility index (Phi) is 7.49. The first-order valence-corrected chi connectivity index (χ1v) is 11.7. The van der Waals surface area contributed by atoms with Gasteiger partial charge in [-0.3, -0.25) is 9.58 Å². The van der Waals surface area contributed by atoms with Crippen LogP contribution in [0.4, 0.5) is 13.2 Å². The van der Waals surface area contributed by atoms with Crippen molar-refractivity contribution >= 4 is 16.0 Å². The first kappa shape index (κ1) is 24.8. The zero-order chi connectivity index (χ0) is 24.2. The predicted molar refractivity (Wildman–Crippen MR) is 109 cm³/mol. The lowest BCUT2D eigenvalue weighted by Crippen LogP contribution is -2.36.